The third-order valence-electron chi connectivity index (χ3n) is 2.47. The number of rotatable bonds is 1. The van der Waals surface area contributed by atoms with Crippen molar-refractivity contribution in [3.05, 3.63) is 0 Å². The lowest BCUT2D eigenvalue weighted by molar-refractivity contribution is 0.311. The Balaban J connectivity index is 2.36. The molecule has 1 saturated carbocycles. The Bertz CT molecular complexity index is 105. The molecular formula is C8H15IS. The summed E-state index contributed by atoms with van der Waals surface area (Å²) in [6.45, 7) is 4.77. The predicted octanol–water partition coefficient (Wildman–Crippen LogP) is 3.89. The predicted molar refractivity (Wildman–Crippen MR) is 57.6 cm³/mol. The highest BCUT2D eigenvalue weighted by atomic mass is 127. The molecule has 0 N–H and O–H groups in total. The van der Waals surface area contributed by atoms with Crippen LogP contribution in [-0.4, -0.2) is 5.25 Å². The summed E-state index contributed by atoms with van der Waals surface area (Å²) in [6.07, 6.45) is 4.33. The van der Waals surface area contributed by atoms with Crippen molar-refractivity contribution in [1.82, 2.24) is 0 Å². The first kappa shape index (κ1) is 9.17. The molecule has 0 aromatic carbocycles. The van der Waals surface area contributed by atoms with E-state index in [9.17, 15) is 0 Å². The molecule has 1 rings (SSSR count). The second-order valence-electron chi connectivity index (χ2n) is 3.52. The summed E-state index contributed by atoms with van der Waals surface area (Å²) >= 11 is 2.45. The Morgan fingerprint density at radius 3 is 2.50 bits per heavy atom. The van der Waals surface area contributed by atoms with E-state index >= 15 is 0 Å². The van der Waals surface area contributed by atoms with Crippen LogP contribution in [0.25, 0.3) is 0 Å². The zero-order valence-corrected chi connectivity index (χ0v) is 9.61. The Labute approximate surface area is 80.1 Å². The van der Waals surface area contributed by atoms with Crippen LogP contribution in [0.1, 0.15) is 33.1 Å². The summed E-state index contributed by atoms with van der Waals surface area (Å²) in [4.78, 5) is 0. The maximum absolute atomic E-state index is 2.45. The van der Waals surface area contributed by atoms with Crippen LogP contribution in [0.4, 0.5) is 0 Å². The first-order valence-electron chi connectivity index (χ1n) is 4.01. The van der Waals surface area contributed by atoms with Gasteiger partial charge in [0, 0.05) is 5.25 Å². The van der Waals surface area contributed by atoms with Crippen molar-refractivity contribution in [1.29, 1.82) is 0 Å². The molecule has 0 heterocycles. The van der Waals surface area contributed by atoms with Crippen LogP contribution >= 0.6 is 30.1 Å². The second kappa shape index (κ2) is 4.19. The van der Waals surface area contributed by atoms with E-state index in [1.165, 1.54) is 19.3 Å². The van der Waals surface area contributed by atoms with Crippen molar-refractivity contribution in [2.45, 2.75) is 38.4 Å². The second-order valence-corrected chi connectivity index (χ2v) is 5.83. The summed E-state index contributed by atoms with van der Waals surface area (Å²) in [5.41, 5.74) is 0. The maximum Gasteiger partial charge on any atom is 0.0173 e. The summed E-state index contributed by atoms with van der Waals surface area (Å²) in [7, 11) is 2.03. The van der Waals surface area contributed by atoms with Crippen molar-refractivity contribution < 1.29 is 0 Å². The van der Waals surface area contributed by atoms with Gasteiger partial charge in [0.2, 0.25) is 0 Å². The van der Waals surface area contributed by atoms with Crippen LogP contribution in [0.3, 0.4) is 0 Å². The smallest absolute Gasteiger partial charge is 0.0173 e. The quantitative estimate of drug-likeness (QED) is 0.651. The molecule has 2 heteroatoms. The molecule has 0 spiro atoms. The lowest BCUT2D eigenvalue weighted by Crippen LogP contribution is -2.22. The van der Waals surface area contributed by atoms with Crippen LogP contribution in [0.5, 0.6) is 0 Å². The number of halogens is 1. The molecular weight excluding hydrogens is 255 g/mol. The Morgan fingerprint density at radius 2 is 2.00 bits per heavy atom. The molecule has 10 heavy (non-hydrogen) atoms. The average Bonchev–Trinajstić information content (AvgIpc) is 1.88. The van der Waals surface area contributed by atoms with Gasteiger partial charge in [0.1, 0.15) is 0 Å². The van der Waals surface area contributed by atoms with Gasteiger partial charge in [-0.3, -0.25) is 0 Å². The molecule has 0 aromatic rings. The van der Waals surface area contributed by atoms with Gasteiger partial charge in [-0.15, -0.1) is 0 Å². The highest BCUT2D eigenvalue weighted by molar-refractivity contribution is 14.2. The summed E-state index contributed by atoms with van der Waals surface area (Å²) < 4.78 is 0. The highest BCUT2D eigenvalue weighted by Gasteiger charge is 2.24. The number of hydrogen-bond acceptors (Lipinski definition) is 1. The van der Waals surface area contributed by atoms with Gasteiger partial charge in [-0.05, 0) is 52.3 Å². The van der Waals surface area contributed by atoms with E-state index in [1.807, 2.05) is 8.93 Å². The summed E-state index contributed by atoms with van der Waals surface area (Å²) in [5, 5.41) is 0.941. The van der Waals surface area contributed by atoms with Crippen LogP contribution in [0, 0.1) is 11.8 Å². The Hall–Kier alpha value is 1.08. The first-order valence-corrected chi connectivity index (χ1v) is 7.43. The molecule has 1 fully saturated rings. The van der Waals surface area contributed by atoms with Crippen LogP contribution in [0.2, 0.25) is 0 Å². The first-order chi connectivity index (χ1) is 4.74. The maximum atomic E-state index is 2.45. The van der Waals surface area contributed by atoms with E-state index in [-0.39, 0.29) is 0 Å². The molecule has 0 saturated heterocycles. The van der Waals surface area contributed by atoms with E-state index in [2.05, 4.69) is 35.1 Å². The summed E-state index contributed by atoms with van der Waals surface area (Å²) in [5.74, 6) is 1.93. The molecule has 0 aliphatic heterocycles. The van der Waals surface area contributed by atoms with Gasteiger partial charge >= 0.3 is 0 Å². The van der Waals surface area contributed by atoms with Crippen LogP contribution in [0.15, 0.2) is 0 Å². The zero-order valence-electron chi connectivity index (χ0n) is 6.64. The highest BCUT2D eigenvalue weighted by Crippen LogP contribution is 2.38. The van der Waals surface area contributed by atoms with Crippen molar-refractivity contribution in [3.63, 3.8) is 0 Å². The van der Waals surface area contributed by atoms with Gasteiger partial charge in [0.15, 0.2) is 0 Å². The molecule has 60 valence electrons. The molecule has 0 radical (unpaired) electrons. The fourth-order valence-electron chi connectivity index (χ4n) is 1.77. The third-order valence-corrected chi connectivity index (χ3v) is 5.36. The normalized spacial score (nSPS) is 41.7. The molecule has 3 unspecified atom stereocenters. The van der Waals surface area contributed by atoms with E-state index in [0.717, 1.165) is 17.1 Å². The van der Waals surface area contributed by atoms with E-state index in [1.54, 1.807) is 0 Å². The molecule has 0 bridgehead atoms. The largest absolute Gasteiger partial charge is 0.0857 e. The van der Waals surface area contributed by atoms with Gasteiger partial charge in [0.05, 0.1) is 0 Å². The Morgan fingerprint density at radius 1 is 1.30 bits per heavy atom. The van der Waals surface area contributed by atoms with E-state index in [4.69, 9.17) is 0 Å². The van der Waals surface area contributed by atoms with Crippen LogP contribution in [-0.2, 0) is 0 Å². The van der Waals surface area contributed by atoms with Crippen molar-refractivity contribution in [2.24, 2.45) is 11.8 Å². The lowest BCUT2D eigenvalue weighted by atomic mass is 9.83. The van der Waals surface area contributed by atoms with Gasteiger partial charge in [-0.25, -0.2) is 0 Å². The monoisotopic (exact) mass is 270 g/mol. The van der Waals surface area contributed by atoms with E-state index in [0.29, 0.717) is 0 Å². The van der Waals surface area contributed by atoms with Gasteiger partial charge in [-0.2, -0.15) is 0 Å². The van der Waals surface area contributed by atoms with Crippen LogP contribution < -0.4 is 0 Å². The molecule has 0 aromatic heterocycles. The minimum Gasteiger partial charge on any atom is -0.0857 e. The third kappa shape index (κ3) is 2.29. The lowest BCUT2D eigenvalue weighted by Gasteiger charge is -2.30. The van der Waals surface area contributed by atoms with Gasteiger partial charge in [0.25, 0.3) is 0 Å². The fraction of sp³-hybridized carbons (Fsp3) is 1.00. The molecule has 0 amide bonds. The molecule has 3 atom stereocenters. The molecule has 0 nitrogen and oxygen atoms in total. The number of hydrogen-bond donors (Lipinski definition) is 0. The molecule has 1 aliphatic rings. The summed E-state index contributed by atoms with van der Waals surface area (Å²) in [6, 6.07) is 0. The topological polar surface area (TPSA) is 0 Å². The van der Waals surface area contributed by atoms with Crippen molar-refractivity contribution in [2.75, 3.05) is 0 Å². The Kier molecular flexibility index (Phi) is 3.84. The molecule has 1 aliphatic carbocycles. The zero-order chi connectivity index (χ0) is 7.56. The fourth-order valence-corrected chi connectivity index (χ4v) is 4.55. The minimum atomic E-state index is 0.941. The standard InChI is InChI=1S/C8H15IS/c1-6-3-4-8(10-9)7(2)5-6/h6-8H,3-5H2,1-2H3. The van der Waals surface area contributed by atoms with Crippen molar-refractivity contribution >= 4 is 30.1 Å². The van der Waals surface area contributed by atoms with Gasteiger partial charge in [-0.1, -0.05) is 22.8 Å². The SMILES string of the molecule is CC1CCC(SI)C(C)C1. The minimum absolute atomic E-state index is 0.941. The van der Waals surface area contributed by atoms with Gasteiger partial charge < -0.3 is 0 Å². The van der Waals surface area contributed by atoms with Crippen molar-refractivity contribution in [3.8, 4) is 0 Å². The van der Waals surface area contributed by atoms with E-state index < -0.39 is 0 Å². The average molecular weight is 270 g/mol.